The highest BCUT2D eigenvalue weighted by atomic mass is 35.5. The maximum Gasteiger partial charge on any atom is 0.243 e. The second kappa shape index (κ2) is 8.80. The van der Waals surface area contributed by atoms with E-state index in [0.717, 1.165) is 18.7 Å². The number of halogens is 1. The summed E-state index contributed by atoms with van der Waals surface area (Å²) in [6.45, 7) is 5.37. The van der Waals surface area contributed by atoms with Gasteiger partial charge in [0.05, 0.1) is 15.6 Å². The van der Waals surface area contributed by atoms with E-state index in [9.17, 15) is 8.42 Å². The van der Waals surface area contributed by atoms with Gasteiger partial charge < -0.3 is 0 Å². The van der Waals surface area contributed by atoms with Crippen molar-refractivity contribution in [3.63, 3.8) is 0 Å². The van der Waals surface area contributed by atoms with Crippen LogP contribution >= 0.6 is 22.9 Å². The van der Waals surface area contributed by atoms with E-state index < -0.39 is 10.0 Å². The van der Waals surface area contributed by atoms with Gasteiger partial charge in [-0.1, -0.05) is 31.0 Å². The summed E-state index contributed by atoms with van der Waals surface area (Å²) in [5.74, 6) is 0. The van der Waals surface area contributed by atoms with E-state index in [2.05, 4.69) is 17.2 Å². The maximum absolute atomic E-state index is 12.7. The SMILES string of the molecule is CCCCc1nc(CN2CCN(S(=O)(=O)c3cccc(Cl)c3)CC2)cs1. The summed E-state index contributed by atoms with van der Waals surface area (Å²) in [7, 11) is -3.48. The molecule has 3 rings (SSSR count). The van der Waals surface area contributed by atoms with Gasteiger partial charge in [-0.15, -0.1) is 11.3 Å². The fraction of sp³-hybridized carbons (Fsp3) is 0.500. The van der Waals surface area contributed by atoms with E-state index in [1.165, 1.54) is 23.9 Å². The molecule has 0 N–H and O–H groups in total. The van der Waals surface area contributed by atoms with E-state index in [4.69, 9.17) is 16.6 Å². The molecule has 1 fully saturated rings. The number of aromatic nitrogens is 1. The molecular weight excluding hydrogens is 390 g/mol. The maximum atomic E-state index is 12.7. The Morgan fingerprint density at radius 2 is 2.00 bits per heavy atom. The molecule has 5 nitrogen and oxygen atoms in total. The van der Waals surface area contributed by atoms with Crippen LogP contribution in [0.4, 0.5) is 0 Å². The van der Waals surface area contributed by atoms with Gasteiger partial charge in [0, 0.05) is 43.1 Å². The Labute approximate surface area is 164 Å². The lowest BCUT2D eigenvalue weighted by Crippen LogP contribution is -2.48. The summed E-state index contributed by atoms with van der Waals surface area (Å²) in [5.41, 5.74) is 1.09. The molecular formula is C18H24ClN3O2S2. The van der Waals surface area contributed by atoms with Gasteiger partial charge in [-0.2, -0.15) is 4.31 Å². The summed E-state index contributed by atoms with van der Waals surface area (Å²) in [6, 6.07) is 6.46. The topological polar surface area (TPSA) is 53.5 Å². The van der Waals surface area contributed by atoms with Gasteiger partial charge in [-0.05, 0) is 31.0 Å². The number of thiazole rings is 1. The number of benzene rings is 1. The second-order valence-corrected chi connectivity index (χ2v) is 9.79. The van der Waals surface area contributed by atoms with Crippen molar-refractivity contribution >= 4 is 33.0 Å². The van der Waals surface area contributed by atoms with Crippen molar-refractivity contribution in [2.45, 2.75) is 37.6 Å². The normalized spacial score (nSPS) is 16.8. The van der Waals surface area contributed by atoms with Gasteiger partial charge in [0.15, 0.2) is 0 Å². The van der Waals surface area contributed by atoms with Crippen molar-refractivity contribution in [3.05, 3.63) is 45.4 Å². The Hall–Kier alpha value is -0.990. The molecule has 0 atom stereocenters. The number of nitrogens with zero attached hydrogens (tertiary/aromatic N) is 3. The minimum absolute atomic E-state index is 0.263. The number of rotatable bonds is 7. The van der Waals surface area contributed by atoms with Gasteiger partial charge in [-0.3, -0.25) is 4.90 Å². The lowest BCUT2D eigenvalue weighted by Gasteiger charge is -2.33. The fourth-order valence-corrected chi connectivity index (χ4v) is 5.55. The number of piperazine rings is 1. The van der Waals surface area contributed by atoms with Crippen LogP contribution in [0.1, 0.15) is 30.5 Å². The molecule has 1 aromatic heterocycles. The summed E-state index contributed by atoms with van der Waals surface area (Å²) >= 11 is 7.66. The van der Waals surface area contributed by atoms with Crippen LogP contribution in [0, 0.1) is 0 Å². The highest BCUT2D eigenvalue weighted by Gasteiger charge is 2.28. The van der Waals surface area contributed by atoms with E-state index >= 15 is 0 Å². The van der Waals surface area contributed by atoms with Gasteiger partial charge in [-0.25, -0.2) is 13.4 Å². The van der Waals surface area contributed by atoms with Crippen LogP contribution in [0.25, 0.3) is 0 Å². The third kappa shape index (κ3) is 4.84. The average Bonchev–Trinajstić information content (AvgIpc) is 3.08. The second-order valence-electron chi connectivity index (χ2n) is 6.47. The molecule has 1 saturated heterocycles. The first kappa shape index (κ1) is 19.8. The molecule has 0 bridgehead atoms. The predicted molar refractivity (Wildman–Crippen MR) is 106 cm³/mol. The molecule has 2 heterocycles. The summed E-state index contributed by atoms with van der Waals surface area (Å²) in [5, 5.41) is 3.76. The minimum Gasteiger partial charge on any atom is -0.295 e. The Bertz CT molecular complexity index is 830. The fourth-order valence-electron chi connectivity index (χ4n) is 3.00. The summed E-state index contributed by atoms with van der Waals surface area (Å²) in [6.07, 6.45) is 3.40. The number of unbranched alkanes of at least 4 members (excludes halogenated alkanes) is 1. The molecule has 0 spiro atoms. The first-order valence-electron chi connectivity index (χ1n) is 8.90. The van der Waals surface area contributed by atoms with E-state index in [0.29, 0.717) is 31.2 Å². The molecule has 1 aliphatic rings. The first-order valence-corrected chi connectivity index (χ1v) is 11.6. The van der Waals surface area contributed by atoms with Gasteiger partial charge >= 0.3 is 0 Å². The third-order valence-electron chi connectivity index (χ3n) is 4.49. The molecule has 8 heteroatoms. The molecule has 1 aliphatic heterocycles. The third-order valence-corrected chi connectivity index (χ3v) is 7.58. The smallest absolute Gasteiger partial charge is 0.243 e. The Kier molecular flexibility index (Phi) is 6.69. The molecule has 0 unspecified atom stereocenters. The number of sulfonamides is 1. The van der Waals surface area contributed by atoms with Crippen LogP contribution in [0.15, 0.2) is 34.5 Å². The predicted octanol–water partition coefficient (Wildman–Crippen LogP) is 3.65. The Balaban J connectivity index is 1.56. The monoisotopic (exact) mass is 413 g/mol. The molecule has 0 radical (unpaired) electrons. The van der Waals surface area contributed by atoms with Crippen molar-refractivity contribution < 1.29 is 8.42 Å². The molecule has 0 saturated carbocycles. The Morgan fingerprint density at radius 3 is 2.69 bits per heavy atom. The van der Waals surface area contributed by atoms with Gasteiger partial charge in [0.1, 0.15) is 0 Å². The molecule has 0 amide bonds. The van der Waals surface area contributed by atoms with Crippen LogP contribution in [-0.2, 0) is 23.0 Å². The average molecular weight is 414 g/mol. The lowest BCUT2D eigenvalue weighted by molar-refractivity contribution is 0.180. The number of hydrogen-bond acceptors (Lipinski definition) is 5. The van der Waals surface area contributed by atoms with Gasteiger partial charge in [0.25, 0.3) is 0 Å². The van der Waals surface area contributed by atoms with Crippen LogP contribution in [0.5, 0.6) is 0 Å². The van der Waals surface area contributed by atoms with Crippen LogP contribution in [-0.4, -0.2) is 48.8 Å². The van der Waals surface area contributed by atoms with Crippen molar-refractivity contribution in [1.82, 2.24) is 14.2 Å². The zero-order valence-corrected chi connectivity index (χ0v) is 17.3. The van der Waals surface area contributed by atoms with E-state index in [1.807, 2.05) is 0 Å². The zero-order chi connectivity index (χ0) is 18.6. The standard InChI is InChI=1S/C18H24ClN3O2S2/c1-2-3-7-18-20-16(14-25-18)13-21-8-10-22(11-9-21)26(23,24)17-6-4-5-15(19)12-17/h4-6,12,14H,2-3,7-11,13H2,1H3. The Morgan fingerprint density at radius 1 is 1.23 bits per heavy atom. The highest BCUT2D eigenvalue weighted by Crippen LogP contribution is 2.21. The van der Waals surface area contributed by atoms with E-state index in [-0.39, 0.29) is 4.90 Å². The van der Waals surface area contributed by atoms with Crippen molar-refractivity contribution in [2.75, 3.05) is 26.2 Å². The van der Waals surface area contributed by atoms with Crippen molar-refractivity contribution in [2.24, 2.45) is 0 Å². The van der Waals surface area contributed by atoms with E-state index in [1.54, 1.807) is 33.8 Å². The first-order chi connectivity index (χ1) is 12.5. The number of aryl methyl sites for hydroxylation is 1. The minimum atomic E-state index is -3.48. The molecule has 26 heavy (non-hydrogen) atoms. The highest BCUT2D eigenvalue weighted by molar-refractivity contribution is 7.89. The van der Waals surface area contributed by atoms with Crippen molar-refractivity contribution in [1.29, 1.82) is 0 Å². The van der Waals surface area contributed by atoms with Crippen LogP contribution in [0.2, 0.25) is 5.02 Å². The van der Waals surface area contributed by atoms with Gasteiger partial charge in [0.2, 0.25) is 10.0 Å². The summed E-state index contributed by atoms with van der Waals surface area (Å²) in [4.78, 5) is 7.23. The van der Waals surface area contributed by atoms with Crippen molar-refractivity contribution in [3.8, 4) is 0 Å². The summed E-state index contributed by atoms with van der Waals surface area (Å²) < 4.78 is 27.0. The molecule has 1 aromatic carbocycles. The number of hydrogen-bond donors (Lipinski definition) is 0. The quantitative estimate of drug-likeness (QED) is 0.695. The lowest BCUT2D eigenvalue weighted by atomic mass is 10.3. The molecule has 2 aromatic rings. The largest absolute Gasteiger partial charge is 0.295 e. The zero-order valence-electron chi connectivity index (χ0n) is 14.9. The van der Waals surface area contributed by atoms with Crippen LogP contribution < -0.4 is 0 Å². The molecule has 142 valence electrons. The van der Waals surface area contributed by atoms with Crippen LogP contribution in [0.3, 0.4) is 0 Å². The molecule has 0 aliphatic carbocycles.